The summed E-state index contributed by atoms with van der Waals surface area (Å²) in [5.74, 6) is -1.56. The van der Waals surface area contributed by atoms with Gasteiger partial charge in [0, 0.05) is 19.3 Å². The Morgan fingerprint density at radius 1 is 0.289 bits per heavy atom. The van der Waals surface area contributed by atoms with Gasteiger partial charge in [0.2, 0.25) is 0 Å². The molecule has 0 heterocycles. The van der Waals surface area contributed by atoms with E-state index in [9.17, 15) is 43.5 Å². The zero-order valence-corrected chi connectivity index (χ0v) is 63.8. The number of ether oxygens (including phenoxy) is 3. The average molecular weight is 1410 g/mol. The Hall–Kier alpha value is -2.75. The zero-order chi connectivity index (χ0) is 70.9. The van der Waals surface area contributed by atoms with Crippen LogP contribution in [0.1, 0.15) is 367 Å². The zero-order valence-electron chi connectivity index (χ0n) is 62.0. The Kier molecular flexibility index (Phi) is 70.9. The fourth-order valence-electron chi connectivity index (χ4n) is 11.1. The van der Waals surface area contributed by atoms with E-state index in [2.05, 4.69) is 81.5 Å². The van der Waals surface area contributed by atoms with Gasteiger partial charge >= 0.3 is 33.6 Å². The van der Waals surface area contributed by atoms with Crippen LogP contribution in [-0.2, 0) is 55.8 Å². The van der Waals surface area contributed by atoms with Crippen LogP contribution in [0.3, 0.4) is 0 Å². The third-order valence-electron chi connectivity index (χ3n) is 17.2. The van der Waals surface area contributed by atoms with Crippen LogP contribution in [0.5, 0.6) is 0 Å². The van der Waals surface area contributed by atoms with E-state index in [-0.39, 0.29) is 19.3 Å². The molecule has 97 heavy (non-hydrogen) atoms. The van der Waals surface area contributed by atoms with Crippen molar-refractivity contribution >= 4 is 33.6 Å². The van der Waals surface area contributed by atoms with Crippen LogP contribution in [0, 0.1) is 0 Å². The van der Waals surface area contributed by atoms with E-state index < -0.39 is 91.5 Å². The maximum absolute atomic E-state index is 12.9. The van der Waals surface area contributed by atoms with Crippen LogP contribution in [0.4, 0.5) is 0 Å². The standard InChI is InChI=1S/C79H146O16P2/c1-4-7-10-13-16-19-22-25-28-29-30-31-32-33-34-35-36-37-38-39-40-41-42-43-46-48-50-53-56-59-62-65-77(82)89-68-74(80)69-91-96(85,86)92-70-75(81)71-93-97(87,88)94-73-76(95-79(84)67-64-61-58-55-52-49-45-27-24-21-18-15-12-9-6-3)72-90-78(83)66-63-60-57-54-51-47-44-26-23-20-17-14-11-8-5-2/h16,19,25-26,28,30-31,33-34,44,74-76,80-81H,4-15,17-18,20-24,27,29,32,35-43,45-73H2,1-3H3,(H,85,86)(H,87,88)/b19-16-,28-25-,31-30-,34-33-,44-26-. The van der Waals surface area contributed by atoms with Crippen molar-refractivity contribution in [2.45, 2.75) is 386 Å². The summed E-state index contributed by atoms with van der Waals surface area (Å²) < 4.78 is 61.1. The van der Waals surface area contributed by atoms with Crippen LogP contribution in [-0.4, -0.2) is 95.9 Å². The molecule has 0 aliphatic rings. The molecule has 0 fully saturated rings. The Bertz CT molecular complexity index is 2010. The van der Waals surface area contributed by atoms with Gasteiger partial charge in [-0.3, -0.25) is 32.5 Å². The lowest BCUT2D eigenvalue weighted by Gasteiger charge is -2.21. The summed E-state index contributed by atoms with van der Waals surface area (Å²) >= 11 is 0. The summed E-state index contributed by atoms with van der Waals surface area (Å²) in [7, 11) is -9.77. The minimum Gasteiger partial charge on any atom is -0.463 e. The molecule has 0 saturated heterocycles. The first-order valence-electron chi connectivity index (χ1n) is 39.6. The molecule has 568 valence electrons. The van der Waals surface area contributed by atoms with Crippen molar-refractivity contribution in [3.8, 4) is 0 Å². The molecular formula is C79H146O16P2. The van der Waals surface area contributed by atoms with E-state index in [0.717, 1.165) is 103 Å². The van der Waals surface area contributed by atoms with Crippen LogP contribution in [0.15, 0.2) is 60.8 Å². The second-order valence-electron chi connectivity index (χ2n) is 26.9. The Balaban J connectivity index is 4.40. The van der Waals surface area contributed by atoms with Crippen molar-refractivity contribution in [2.75, 3.05) is 39.6 Å². The highest BCUT2D eigenvalue weighted by atomic mass is 31.2. The van der Waals surface area contributed by atoms with Crippen LogP contribution in [0.2, 0.25) is 0 Å². The predicted octanol–water partition coefficient (Wildman–Crippen LogP) is 22.9. The lowest BCUT2D eigenvalue weighted by atomic mass is 10.0. The van der Waals surface area contributed by atoms with Crippen molar-refractivity contribution in [3.63, 3.8) is 0 Å². The molecule has 5 unspecified atom stereocenters. The van der Waals surface area contributed by atoms with Gasteiger partial charge in [0.1, 0.15) is 25.4 Å². The fraction of sp³-hybridized carbons (Fsp3) is 0.835. The first-order valence-corrected chi connectivity index (χ1v) is 42.6. The van der Waals surface area contributed by atoms with Gasteiger partial charge in [-0.2, -0.15) is 0 Å². The fourth-order valence-corrected chi connectivity index (χ4v) is 12.7. The number of aliphatic hydroxyl groups is 2. The predicted molar refractivity (Wildman–Crippen MR) is 399 cm³/mol. The summed E-state index contributed by atoms with van der Waals surface area (Å²) in [6.45, 7) is 2.70. The van der Waals surface area contributed by atoms with E-state index in [1.807, 2.05) is 0 Å². The molecule has 0 aromatic heterocycles. The molecule has 16 nitrogen and oxygen atoms in total. The number of hydrogen-bond donors (Lipinski definition) is 4. The van der Waals surface area contributed by atoms with E-state index in [1.165, 1.54) is 205 Å². The molecule has 0 radical (unpaired) electrons. The summed E-state index contributed by atoms with van der Waals surface area (Å²) in [5.41, 5.74) is 0. The molecule has 0 aliphatic carbocycles. The third kappa shape index (κ3) is 74.3. The van der Waals surface area contributed by atoms with Gasteiger partial charge in [-0.15, -0.1) is 0 Å². The van der Waals surface area contributed by atoms with Crippen molar-refractivity contribution in [2.24, 2.45) is 0 Å². The summed E-state index contributed by atoms with van der Waals surface area (Å²) in [4.78, 5) is 58.5. The maximum atomic E-state index is 12.9. The molecule has 0 saturated carbocycles. The Labute approximate surface area is 592 Å². The number of aliphatic hydroxyl groups excluding tert-OH is 2. The SMILES string of the molecule is CCCCC/C=C\C/C=C\C/C=C\C/C=C\CCCCCCCCCCCCCCCCCC(=O)OCC(O)COP(=O)(O)OCC(O)COP(=O)(O)OCC(COC(=O)CCCCCCC/C=C\CCCCCCCC)OC(=O)CCCCCCCCCCCCCCCCC. The number of carbonyl (C=O) groups is 3. The minimum atomic E-state index is -4.92. The summed E-state index contributed by atoms with van der Waals surface area (Å²) in [6.07, 6.45) is 78.5. The summed E-state index contributed by atoms with van der Waals surface area (Å²) in [5, 5.41) is 20.6. The van der Waals surface area contributed by atoms with E-state index >= 15 is 0 Å². The number of rotatable bonds is 76. The van der Waals surface area contributed by atoms with E-state index in [0.29, 0.717) is 19.3 Å². The van der Waals surface area contributed by atoms with Gasteiger partial charge in [-0.1, -0.05) is 319 Å². The number of phosphoric acid groups is 2. The smallest absolute Gasteiger partial charge is 0.463 e. The molecule has 0 aliphatic heterocycles. The van der Waals surface area contributed by atoms with Gasteiger partial charge in [0.05, 0.1) is 26.4 Å². The first kappa shape index (κ1) is 94.2. The molecule has 0 aromatic rings. The molecule has 0 bridgehead atoms. The number of unbranched alkanes of at least 4 members (excludes halogenated alkanes) is 43. The van der Waals surface area contributed by atoms with Gasteiger partial charge < -0.3 is 34.2 Å². The second-order valence-corrected chi connectivity index (χ2v) is 29.8. The third-order valence-corrected chi connectivity index (χ3v) is 19.1. The van der Waals surface area contributed by atoms with Crippen LogP contribution in [0.25, 0.3) is 0 Å². The van der Waals surface area contributed by atoms with Crippen LogP contribution < -0.4 is 0 Å². The van der Waals surface area contributed by atoms with Crippen molar-refractivity contribution in [3.05, 3.63) is 60.8 Å². The molecule has 0 spiro atoms. The Morgan fingerprint density at radius 2 is 0.515 bits per heavy atom. The highest BCUT2D eigenvalue weighted by Crippen LogP contribution is 2.45. The number of carbonyl (C=O) groups excluding carboxylic acids is 3. The van der Waals surface area contributed by atoms with E-state index in [1.54, 1.807) is 0 Å². The van der Waals surface area contributed by atoms with Crippen molar-refractivity contribution < 1.29 is 75.8 Å². The van der Waals surface area contributed by atoms with Gasteiger partial charge in [0.25, 0.3) is 0 Å². The maximum Gasteiger partial charge on any atom is 0.472 e. The van der Waals surface area contributed by atoms with Crippen molar-refractivity contribution in [1.82, 2.24) is 0 Å². The number of allylic oxidation sites excluding steroid dienone is 10. The molecule has 0 amide bonds. The normalized spacial score (nSPS) is 14.3. The quantitative estimate of drug-likeness (QED) is 0.0146. The highest BCUT2D eigenvalue weighted by molar-refractivity contribution is 7.47. The first-order chi connectivity index (χ1) is 47.2. The topological polar surface area (TPSA) is 231 Å². The molecule has 0 aromatic carbocycles. The second kappa shape index (κ2) is 73.0. The van der Waals surface area contributed by atoms with Crippen molar-refractivity contribution in [1.29, 1.82) is 0 Å². The van der Waals surface area contributed by atoms with Gasteiger partial charge in [-0.25, -0.2) is 9.13 Å². The monoisotopic (exact) mass is 1410 g/mol. The average Bonchev–Trinajstić information content (AvgIpc) is 1.84. The Morgan fingerprint density at radius 3 is 0.845 bits per heavy atom. The number of esters is 3. The van der Waals surface area contributed by atoms with Gasteiger partial charge in [0.15, 0.2) is 6.10 Å². The lowest BCUT2D eigenvalue weighted by molar-refractivity contribution is -0.161. The largest absolute Gasteiger partial charge is 0.472 e. The lowest BCUT2D eigenvalue weighted by Crippen LogP contribution is -2.30. The molecule has 18 heteroatoms. The molecule has 4 N–H and O–H groups in total. The van der Waals surface area contributed by atoms with E-state index in [4.69, 9.17) is 32.3 Å². The minimum absolute atomic E-state index is 0.111. The molecular weight excluding hydrogens is 1270 g/mol. The molecule has 5 atom stereocenters. The van der Waals surface area contributed by atoms with Crippen LogP contribution >= 0.6 is 15.6 Å². The number of phosphoric ester groups is 2. The number of hydrogen-bond acceptors (Lipinski definition) is 14. The summed E-state index contributed by atoms with van der Waals surface area (Å²) in [6, 6.07) is 0. The van der Waals surface area contributed by atoms with Gasteiger partial charge in [-0.05, 0) is 89.9 Å². The highest BCUT2D eigenvalue weighted by Gasteiger charge is 2.29. The molecule has 0 rings (SSSR count).